The first-order chi connectivity index (χ1) is 12.4. The van der Waals surface area contributed by atoms with Crippen LogP contribution in [0.5, 0.6) is 11.9 Å². The molecule has 1 unspecified atom stereocenters. The first-order valence-corrected chi connectivity index (χ1v) is 7.99. The van der Waals surface area contributed by atoms with Gasteiger partial charge >= 0.3 is 17.7 Å². The average Bonchev–Trinajstić information content (AvgIpc) is 2.60. The van der Waals surface area contributed by atoms with Gasteiger partial charge in [0.05, 0.1) is 17.4 Å². The van der Waals surface area contributed by atoms with Gasteiger partial charge in [-0.3, -0.25) is 14.9 Å². The molecule has 0 saturated heterocycles. The fourth-order valence-electron chi connectivity index (χ4n) is 3.66. The van der Waals surface area contributed by atoms with Gasteiger partial charge in [-0.05, 0) is 30.4 Å². The molecule has 0 saturated carbocycles. The quantitative estimate of drug-likeness (QED) is 0.479. The van der Waals surface area contributed by atoms with Gasteiger partial charge in [-0.25, -0.2) is 0 Å². The number of rotatable bonds is 4. The Labute approximate surface area is 148 Å². The van der Waals surface area contributed by atoms with E-state index in [4.69, 9.17) is 4.74 Å². The molecule has 1 aliphatic rings. The summed E-state index contributed by atoms with van der Waals surface area (Å²) < 4.78 is 5.01. The lowest BCUT2D eigenvalue weighted by Gasteiger charge is -2.36. The monoisotopic (exact) mass is 359 g/mol. The van der Waals surface area contributed by atoms with Crippen molar-refractivity contribution in [2.75, 3.05) is 7.11 Å². The molecule has 0 radical (unpaired) electrons. The highest BCUT2D eigenvalue weighted by atomic mass is 16.6. The maximum Gasteiger partial charge on any atom is 0.352 e. The number of carbonyl (C=O) groups excluding carboxylic acids is 1. The zero-order chi connectivity index (χ0) is 18.9. The van der Waals surface area contributed by atoms with E-state index in [2.05, 4.69) is 9.97 Å². The molecule has 9 nitrogen and oxygen atoms in total. The lowest BCUT2D eigenvalue weighted by molar-refractivity contribution is -0.387. The summed E-state index contributed by atoms with van der Waals surface area (Å²) in [6, 6.07) is 6.53. The third-order valence-electron chi connectivity index (χ3n) is 4.74. The molecule has 1 aromatic heterocycles. The minimum absolute atomic E-state index is 0.198. The standard InChI is InChI=1S/C17H17N3O6/c1-26-15(22)17(8-4-6-10-5-2-3-7-11(10)17)9-12-13(20(24)25)14(21)19-16(23)18-12/h2-3,5,7H,4,6,8-9H2,1H3,(H2,18,19,21,23). The van der Waals surface area contributed by atoms with Crippen molar-refractivity contribution in [2.24, 2.45) is 0 Å². The molecule has 0 bridgehead atoms. The molecule has 3 rings (SSSR count). The average molecular weight is 359 g/mol. The Bertz CT molecular complexity index is 885. The predicted octanol–water partition coefficient (Wildman–Crippen LogP) is 1.79. The Kier molecular flexibility index (Phi) is 4.45. The summed E-state index contributed by atoms with van der Waals surface area (Å²) in [5.41, 5.74) is -0.475. The number of hydrogen-bond donors (Lipinski definition) is 2. The van der Waals surface area contributed by atoms with Crippen LogP contribution in [0.4, 0.5) is 5.69 Å². The number of fused-ring (bicyclic) bond motifs is 1. The summed E-state index contributed by atoms with van der Waals surface area (Å²) >= 11 is 0. The second kappa shape index (κ2) is 6.58. The zero-order valence-electron chi connectivity index (χ0n) is 14.0. The van der Waals surface area contributed by atoms with E-state index in [0.717, 1.165) is 12.0 Å². The first-order valence-electron chi connectivity index (χ1n) is 7.99. The van der Waals surface area contributed by atoms with E-state index < -0.39 is 33.9 Å². The number of aromatic nitrogens is 2. The van der Waals surface area contributed by atoms with E-state index in [-0.39, 0.29) is 12.1 Å². The summed E-state index contributed by atoms with van der Waals surface area (Å²) in [6.07, 6.45) is 1.66. The lowest BCUT2D eigenvalue weighted by Crippen LogP contribution is -2.42. The van der Waals surface area contributed by atoms with Crippen LogP contribution in [-0.4, -0.2) is 38.2 Å². The van der Waals surface area contributed by atoms with Crippen molar-refractivity contribution < 1.29 is 24.7 Å². The van der Waals surface area contributed by atoms with Crippen LogP contribution >= 0.6 is 0 Å². The number of ether oxygens (including phenoxy) is 1. The van der Waals surface area contributed by atoms with Crippen molar-refractivity contribution >= 4 is 11.7 Å². The number of carbonyl (C=O) groups is 1. The Morgan fingerprint density at radius 3 is 2.77 bits per heavy atom. The number of esters is 1. The summed E-state index contributed by atoms with van der Waals surface area (Å²) in [7, 11) is 1.25. The van der Waals surface area contributed by atoms with Gasteiger partial charge in [0.25, 0.3) is 5.88 Å². The summed E-state index contributed by atoms with van der Waals surface area (Å²) in [5, 5.41) is 30.7. The molecule has 136 valence electrons. The Morgan fingerprint density at radius 2 is 2.08 bits per heavy atom. The largest absolute Gasteiger partial charge is 0.488 e. The van der Waals surface area contributed by atoms with Gasteiger partial charge in [0.15, 0.2) is 0 Å². The molecular weight excluding hydrogens is 342 g/mol. The second-order valence-electron chi connectivity index (χ2n) is 6.16. The van der Waals surface area contributed by atoms with Gasteiger partial charge in [-0.2, -0.15) is 9.97 Å². The van der Waals surface area contributed by atoms with Crippen molar-refractivity contribution in [3.8, 4) is 11.9 Å². The molecule has 26 heavy (non-hydrogen) atoms. The van der Waals surface area contributed by atoms with Gasteiger partial charge in [-0.1, -0.05) is 24.3 Å². The van der Waals surface area contributed by atoms with Gasteiger partial charge in [0, 0.05) is 6.42 Å². The molecule has 1 heterocycles. The first kappa shape index (κ1) is 17.6. The molecular formula is C17H17N3O6. The van der Waals surface area contributed by atoms with Crippen LogP contribution in [0.25, 0.3) is 0 Å². The molecule has 9 heteroatoms. The number of nitro groups is 1. The van der Waals surface area contributed by atoms with Crippen molar-refractivity contribution in [1.82, 2.24) is 9.97 Å². The number of nitrogens with zero attached hydrogens (tertiary/aromatic N) is 3. The number of benzene rings is 1. The molecule has 0 spiro atoms. The van der Waals surface area contributed by atoms with Crippen LogP contribution in [-0.2, 0) is 27.8 Å². The molecule has 0 amide bonds. The van der Waals surface area contributed by atoms with Crippen LogP contribution in [0.2, 0.25) is 0 Å². The van der Waals surface area contributed by atoms with Crippen LogP contribution in [0.1, 0.15) is 29.7 Å². The molecule has 0 aliphatic heterocycles. The summed E-state index contributed by atoms with van der Waals surface area (Å²) in [4.78, 5) is 30.2. The second-order valence-corrected chi connectivity index (χ2v) is 6.16. The summed E-state index contributed by atoms with van der Waals surface area (Å²) in [6.45, 7) is 0. The number of aryl methyl sites for hydroxylation is 1. The van der Waals surface area contributed by atoms with Crippen molar-refractivity contribution in [3.63, 3.8) is 0 Å². The Morgan fingerprint density at radius 1 is 1.35 bits per heavy atom. The maximum atomic E-state index is 12.7. The number of hydrogen-bond acceptors (Lipinski definition) is 8. The molecule has 1 aliphatic carbocycles. The van der Waals surface area contributed by atoms with Crippen molar-refractivity contribution in [3.05, 3.63) is 51.2 Å². The molecule has 2 aromatic rings. The van der Waals surface area contributed by atoms with Crippen molar-refractivity contribution in [1.29, 1.82) is 0 Å². The van der Waals surface area contributed by atoms with Crippen LogP contribution in [0, 0.1) is 10.1 Å². The van der Waals surface area contributed by atoms with Crippen LogP contribution in [0.15, 0.2) is 24.3 Å². The fourth-order valence-corrected chi connectivity index (χ4v) is 3.66. The lowest BCUT2D eigenvalue weighted by atomic mass is 9.67. The SMILES string of the molecule is COC(=O)C1(Cc2nc(O)nc(O)c2[N+](=O)[O-])CCCc2ccccc21. The van der Waals surface area contributed by atoms with Gasteiger partial charge in [0.1, 0.15) is 5.69 Å². The smallest absolute Gasteiger partial charge is 0.352 e. The highest BCUT2D eigenvalue weighted by Gasteiger charge is 2.46. The molecule has 2 N–H and O–H groups in total. The van der Waals surface area contributed by atoms with Gasteiger partial charge < -0.3 is 14.9 Å². The third kappa shape index (κ3) is 2.81. The van der Waals surface area contributed by atoms with E-state index in [1.54, 1.807) is 12.1 Å². The molecule has 1 aromatic carbocycles. The normalized spacial score (nSPS) is 18.8. The third-order valence-corrected chi connectivity index (χ3v) is 4.74. The number of methoxy groups -OCH3 is 1. The fraction of sp³-hybridized carbons (Fsp3) is 0.353. The van der Waals surface area contributed by atoms with E-state index in [1.807, 2.05) is 12.1 Å². The minimum Gasteiger partial charge on any atom is -0.488 e. The minimum atomic E-state index is -1.19. The van der Waals surface area contributed by atoms with Crippen molar-refractivity contribution in [2.45, 2.75) is 31.1 Å². The van der Waals surface area contributed by atoms with Crippen LogP contribution < -0.4 is 0 Å². The van der Waals surface area contributed by atoms with Gasteiger partial charge in [0.2, 0.25) is 0 Å². The van der Waals surface area contributed by atoms with E-state index in [9.17, 15) is 25.1 Å². The van der Waals surface area contributed by atoms with E-state index >= 15 is 0 Å². The molecule has 1 atom stereocenters. The van der Waals surface area contributed by atoms with Gasteiger partial charge in [-0.15, -0.1) is 0 Å². The summed E-state index contributed by atoms with van der Waals surface area (Å²) in [5.74, 6) is -1.49. The maximum absolute atomic E-state index is 12.7. The predicted molar refractivity (Wildman–Crippen MR) is 88.8 cm³/mol. The Balaban J connectivity index is 2.20. The zero-order valence-corrected chi connectivity index (χ0v) is 14.0. The number of aromatic hydroxyl groups is 2. The Hall–Kier alpha value is -3.23. The topological polar surface area (TPSA) is 136 Å². The highest BCUT2D eigenvalue weighted by Crippen LogP contribution is 2.43. The van der Waals surface area contributed by atoms with E-state index in [1.165, 1.54) is 7.11 Å². The highest BCUT2D eigenvalue weighted by molar-refractivity contribution is 5.84. The molecule has 0 fully saturated rings. The van der Waals surface area contributed by atoms with Crippen LogP contribution in [0.3, 0.4) is 0 Å². The van der Waals surface area contributed by atoms with E-state index in [0.29, 0.717) is 18.4 Å².